The molecule has 1 aliphatic carbocycles. The summed E-state index contributed by atoms with van der Waals surface area (Å²) in [7, 11) is 2.03. The van der Waals surface area contributed by atoms with Crippen molar-refractivity contribution >= 4 is 17.4 Å². The van der Waals surface area contributed by atoms with Crippen LogP contribution in [-0.2, 0) is 12.9 Å². The van der Waals surface area contributed by atoms with Crippen molar-refractivity contribution in [2.75, 3.05) is 31.1 Å². The number of piperazine rings is 1. The van der Waals surface area contributed by atoms with E-state index in [4.69, 9.17) is 11.6 Å². The van der Waals surface area contributed by atoms with Crippen LogP contribution in [0.2, 0.25) is 0 Å². The molecule has 2 aliphatic rings. The fraction of sp³-hybridized carbons (Fsp3) is 0.800. The van der Waals surface area contributed by atoms with E-state index in [1.165, 1.54) is 50.2 Å². The maximum atomic E-state index is 6.11. The highest BCUT2D eigenvalue weighted by Gasteiger charge is 2.28. The van der Waals surface area contributed by atoms with Crippen LogP contribution in [0.15, 0.2) is 0 Å². The topological polar surface area (TPSA) is 24.3 Å². The zero-order valence-electron chi connectivity index (χ0n) is 12.6. The Morgan fingerprint density at radius 1 is 1.15 bits per heavy atom. The zero-order valence-corrected chi connectivity index (χ0v) is 13.4. The van der Waals surface area contributed by atoms with Crippen molar-refractivity contribution in [1.29, 1.82) is 0 Å². The maximum absolute atomic E-state index is 6.11. The Labute approximate surface area is 126 Å². The first kappa shape index (κ1) is 14.2. The molecule has 20 heavy (non-hydrogen) atoms. The molecule has 1 aromatic rings. The van der Waals surface area contributed by atoms with Crippen LogP contribution in [0.1, 0.15) is 36.9 Å². The van der Waals surface area contributed by atoms with Gasteiger partial charge in [-0.15, -0.1) is 11.6 Å². The standard InChI is InChI=1S/C15H25ClN4/c1-12-14(11-16)15(18(2)17-12)20-9-7-19(8-10-20)13-5-3-4-6-13/h13H,3-11H2,1-2H3. The molecule has 1 saturated carbocycles. The molecular weight excluding hydrogens is 272 g/mol. The predicted octanol–water partition coefficient (Wildman–Crippen LogP) is 2.53. The number of hydrogen-bond acceptors (Lipinski definition) is 3. The van der Waals surface area contributed by atoms with Gasteiger partial charge in [-0.2, -0.15) is 5.10 Å². The van der Waals surface area contributed by atoms with Gasteiger partial charge in [0.05, 0.1) is 11.6 Å². The first-order chi connectivity index (χ1) is 9.70. The fourth-order valence-corrected chi connectivity index (χ4v) is 4.12. The molecule has 3 rings (SSSR count). The minimum absolute atomic E-state index is 0.553. The third-order valence-electron chi connectivity index (χ3n) is 4.90. The first-order valence-electron chi connectivity index (χ1n) is 7.78. The van der Waals surface area contributed by atoms with Crippen LogP contribution in [-0.4, -0.2) is 46.9 Å². The van der Waals surface area contributed by atoms with Crippen molar-refractivity contribution in [2.45, 2.75) is 44.5 Å². The summed E-state index contributed by atoms with van der Waals surface area (Å²) in [5.74, 6) is 1.78. The molecule has 0 bridgehead atoms. The van der Waals surface area contributed by atoms with Crippen LogP contribution >= 0.6 is 11.6 Å². The van der Waals surface area contributed by atoms with Crippen molar-refractivity contribution in [2.24, 2.45) is 7.05 Å². The quantitative estimate of drug-likeness (QED) is 0.801. The van der Waals surface area contributed by atoms with E-state index in [0.29, 0.717) is 5.88 Å². The second-order valence-corrected chi connectivity index (χ2v) is 6.37. The highest BCUT2D eigenvalue weighted by Crippen LogP contribution is 2.28. The monoisotopic (exact) mass is 296 g/mol. The molecule has 2 fully saturated rings. The predicted molar refractivity (Wildman–Crippen MR) is 83.5 cm³/mol. The summed E-state index contributed by atoms with van der Waals surface area (Å²) in [5, 5.41) is 4.53. The molecule has 4 nitrogen and oxygen atoms in total. The normalized spacial score (nSPS) is 21.9. The van der Waals surface area contributed by atoms with Crippen LogP contribution in [0.4, 0.5) is 5.82 Å². The number of nitrogens with zero attached hydrogens (tertiary/aromatic N) is 4. The summed E-state index contributed by atoms with van der Waals surface area (Å²) in [4.78, 5) is 5.15. The third-order valence-corrected chi connectivity index (χ3v) is 5.17. The molecule has 0 spiro atoms. The van der Waals surface area contributed by atoms with Crippen LogP contribution in [0.3, 0.4) is 0 Å². The maximum Gasteiger partial charge on any atom is 0.131 e. The average molecular weight is 297 g/mol. The lowest BCUT2D eigenvalue weighted by Gasteiger charge is -2.39. The van der Waals surface area contributed by atoms with E-state index >= 15 is 0 Å². The average Bonchev–Trinajstić information content (AvgIpc) is 3.06. The Bertz CT molecular complexity index is 457. The number of aromatic nitrogens is 2. The SMILES string of the molecule is Cc1nn(C)c(N2CCN(C3CCCC3)CC2)c1CCl. The van der Waals surface area contributed by atoms with Gasteiger partial charge in [-0.25, -0.2) is 0 Å². The van der Waals surface area contributed by atoms with Crippen molar-refractivity contribution in [1.82, 2.24) is 14.7 Å². The molecule has 1 aromatic heterocycles. The Morgan fingerprint density at radius 3 is 2.40 bits per heavy atom. The zero-order chi connectivity index (χ0) is 14.1. The summed E-state index contributed by atoms with van der Waals surface area (Å²) < 4.78 is 2.00. The summed E-state index contributed by atoms with van der Waals surface area (Å²) in [5.41, 5.74) is 2.26. The number of hydrogen-bond donors (Lipinski definition) is 0. The van der Waals surface area contributed by atoms with Gasteiger partial charge in [0.2, 0.25) is 0 Å². The van der Waals surface area contributed by atoms with E-state index in [2.05, 4.69) is 21.8 Å². The van der Waals surface area contributed by atoms with E-state index in [9.17, 15) is 0 Å². The van der Waals surface area contributed by atoms with Crippen LogP contribution in [0, 0.1) is 6.92 Å². The Kier molecular flexibility index (Phi) is 4.22. The first-order valence-corrected chi connectivity index (χ1v) is 8.31. The second kappa shape index (κ2) is 5.94. The lowest BCUT2D eigenvalue weighted by molar-refractivity contribution is 0.187. The van der Waals surface area contributed by atoms with Gasteiger partial charge in [0, 0.05) is 44.8 Å². The van der Waals surface area contributed by atoms with Gasteiger partial charge in [0.15, 0.2) is 0 Å². The Hall–Kier alpha value is -0.740. The Morgan fingerprint density at radius 2 is 1.80 bits per heavy atom. The molecule has 5 heteroatoms. The number of rotatable bonds is 3. The molecule has 0 amide bonds. The second-order valence-electron chi connectivity index (χ2n) is 6.11. The molecule has 1 saturated heterocycles. The van der Waals surface area contributed by atoms with Crippen LogP contribution < -0.4 is 4.90 Å². The number of anilines is 1. The number of aryl methyl sites for hydroxylation is 2. The summed E-state index contributed by atoms with van der Waals surface area (Å²) in [6.07, 6.45) is 5.64. The minimum atomic E-state index is 0.553. The summed E-state index contributed by atoms with van der Waals surface area (Å²) in [6, 6.07) is 0.845. The molecular formula is C15H25ClN4. The molecule has 0 N–H and O–H groups in total. The largest absolute Gasteiger partial charge is 0.354 e. The molecule has 1 aliphatic heterocycles. The van der Waals surface area contributed by atoms with E-state index in [-0.39, 0.29) is 0 Å². The number of halogens is 1. The lowest BCUT2D eigenvalue weighted by atomic mass is 10.1. The Balaban J connectivity index is 1.68. The molecule has 2 heterocycles. The molecule has 0 aromatic carbocycles. The van der Waals surface area contributed by atoms with Crippen LogP contribution in [0.5, 0.6) is 0 Å². The van der Waals surface area contributed by atoms with Gasteiger partial charge < -0.3 is 4.90 Å². The van der Waals surface area contributed by atoms with E-state index in [1.807, 2.05) is 11.7 Å². The van der Waals surface area contributed by atoms with Crippen molar-refractivity contribution < 1.29 is 0 Å². The summed E-state index contributed by atoms with van der Waals surface area (Å²) >= 11 is 6.11. The van der Waals surface area contributed by atoms with E-state index in [1.54, 1.807) is 0 Å². The van der Waals surface area contributed by atoms with Gasteiger partial charge in [0.1, 0.15) is 5.82 Å². The van der Waals surface area contributed by atoms with Gasteiger partial charge in [-0.1, -0.05) is 12.8 Å². The van der Waals surface area contributed by atoms with Crippen molar-refractivity contribution in [3.05, 3.63) is 11.3 Å². The molecule has 0 radical (unpaired) electrons. The highest BCUT2D eigenvalue weighted by atomic mass is 35.5. The number of alkyl halides is 1. The minimum Gasteiger partial charge on any atom is -0.354 e. The lowest BCUT2D eigenvalue weighted by Crippen LogP contribution is -2.50. The van der Waals surface area contributed by atoms with Gasteiger partial charge >= 0.3 is 0 Å². The van der Waals surface area contributed by atoms with E-state index in [0.717, 1.165) is 24.8 Å². The van der Waals surface area contributed by atoms with Crippen molar-refractivity contribution in [3.8, 4) is 0 Å². The van der Waals surface area contributed by atoms with Gasteiger partial charge in [-0.3, -0.25) is 9.58 Å². The third kappa shape index (κ3) is 2.56. The molecule has 112 valence electrons. The molecule has 0 unspecified atom stereocenters. The summed E-state index contributed by atoms with van der Waals surface area (Å²) in [6.45, 7) is 6.60. The smallest absolute Gasteiger partial charge is 0.131 e. The fourth-order valence-electron chi connectivity index (χ4n) is 3.81. The molecule has 0 atom stereocenters. The van der Waals surface area contributed by atoms with Gasteiger partial charge in [0.25, 0.3) is 0 Å². The van der Waals surface area contributed by atoms with Crippen LogP contribution in [0.25, 0.3) is 0 Å². The van der Waals surface area contributed by atoms with Gasteiger partial charge in [-0.05, 0) is 19.8 Å². The highest BCUT2D eigenvalue weighted by molar-refractivity contribution is 6.17. The van der Waals surface area contributed by atoms with E-state index < -0.39 is 0 Å². The van der Waals surface area contributed by atoms with Crippen molar-refractivity contribution in [3.63, 3.8) is 0 Å².